The number of hydrogen-bond acceptors (Lipinski definition) is 2. The van der Waals surface area contributed by atoms with Gasteiger partial charge in [0.15, 0.2) is 0 Å². The van der Waals surface area contributed by atoms with E-state index >= 15 is 0 Å². The summed E-state index contributed by atoms with van der Waals surface area (Å²) in [6.07, 6.45) is 0. The van der Waals surface area contributed by atoms with Crippen molar-refractivity contribution >= 4 is 23.2 Å². The van der Waals surface area contributed by atoms with Crippen LogP contribution in [0, 0.1) is 0 Å². The Balaban J connectivity index is 1.89. The number of para-hydroxylation sites is 1. The lowest BCUT2D eigenvalue weighted by Crippen LogP contribution is -2.12. The van der Waals surface area contributed by atoms with E-state index < -0.39 is 0 Å². The molecule has 2 aromatic carbocycles. The molecule has 0 unspecified atom stereocenters. The van der Waals surface area contributed by atoms with Crippen LogP contribution in [0.2, 0.25) is 0 Å². The molecule has 1 aliphatic rings. The molecule has 2 amide bonds. The lowest BCUT2D eigenvalue weighted by molar-refractivity contribution is 0.0978. The molecule has 2 N–H and O–H groups in total. The van der Waals surface area contributed by atoms with Crippen LogP contribution >= 0.6 is 0 Å². The highest BCUT2D eigenvalue weighted by Gasteiger charge is 2.23. The topological polar surface area (TPSA) is 58.2 Å². The van der Waals surface area contributed by atoms with Gasteiger partial charge in [0.25, 0.3) is 11.8 Å². The molecule has 2 aromatic rings. The number of carbonyl (C=O) groups excluding carboxylic acids is 2. The Kier molecular flexibility index (Phi) is 2.84. The first kappa shape index (κ1) is 12.2. The second kappa shape index (κ2) is 4.66. The summed E-state index contributed by atoms with van der Waals surface area (Å²) in [5.41, 5.74) is 2.97. The molecule has 0 aromatic heterocycles. The van der Waals surface area contributed by atoms with Crippen LogP contribution in [0.5, 0.6) is 0 Å². The quantitative estimate of drug-likeness (QED) is 0.876. The third-order valence-corrected chi connectivity index (χ3v) is 3.15. The number of amides is 2. The van der Waals surface area contributed by atoms with E-state index in [2.05, 4.69) is 17.2 Å². The van der Waals surface area contributed by atoms with Crippen LogP contribution < -0.4 is 10.6 Å². The van der Waals surface area contributed by atoms with Gasteiger partial charge in [0.05, 0.1) is 0 Å². The van der Waals surface area contributed by atoms with Crippen molar-refractivity contribution < 1.29 is 9.59 Å². The van der Waals surface area contributed by atoms with E-state index in [4.69, 9.17) is 0 Å². The first-order valence-electron chi connectivity index (χ1n) is 6.16. The predicted octanol–water partition coefficient (Wildman–Crippen LogP) is 2.65. The Morgan fingerprint density at radius 3 is 2.55 bits per heavy atom. The highest BCUT2D eigenvalue weighted by atomic mass is 16.2. The molecule has 1 heterocycles. The van der Waals surface area contributed by atoms with Crippen LogP contribution in [0.3, 0.4) is 0 Å². The van der Waals surface area contributed by atoms with Crippen molar-refractivity contribution in [1.29, 1.82) is 0 Å². The van der Waals surface area contributed by atoms with Crippen molar-refractivity contribution in [3.63, 3.8) is 0 Å². The van der Waals surface area contributed by atoms with Crippen molar-refractivity contribution in [1.82, 2.24) is 5.32 Å². The average Bonchev–Trinajstić information content (AvgIpc) is 2.75. The fourth-order valence-electron chi connectivity index (χ4n) is 2.13. The average molecular weight is 264 g/mol. The maximum absolute atomic E-state index is 12.2. The molecule has 0 aliphatic carbocycles. The van der Waals surface area contributed by atoms with Gasteiger partial charge >= 0.3 is 0 Å². The zero-order valence-electron chi connectivity index (χ0n) is 10.6. The monoisotopic (exact) mass is 264 g/mol. The van der Waals surface area contributed by atoms with E-state index in [1.165, 1.54) is 0 Å². The molecule has 0 bridgehead atoms. The Hall–Kier alpha value is -2.88. The summed E-state index contributed by atoms with van der Waals surface area (Å²) >= 11 is 0. The fraction of sp³-hybridized carbons (Fsp3) is 0. The summed E-state index contributed by atoms with van der Waals surface area (Å²) in [6.45, 7) is 3.77. The number of benzene rings is 2. The lowest BCUT2D eigenvalue weighted by atomic mass is 10.0. The second-order valence-corrected chi connectivity index (χ2v) is 4.51. The molecule has 4 heteroatoms. The molecule has 0 saturated carbocycles. The third-order valence-electron chi connectivity index (χ3n) is 3.15. The Morgan fingerprint density at radius 2 is 1.80 bits per heavy atom. The van der Waals surface area contributed by atoms with Gasteiger partial charge in [-0.2, -0.15) is 0 Å². The largest absolute Gasteiger partial charge is 0.322 e. The molecule has 3 rings (SSSR count). The zero-order valence-corrected chi connectivity index (χ0v) is 10.6. The first-order valence-corrected chi connectivity index (χ1v) is 6.16. The van der Waals surface area contributed by atoms with Crippen molar-refractivity contribution in [2.24, 2.45) is 0 Å². The van der Waals surface area contributed by atoms with Gasteiger partial charge in [-0.1, -0.05) is 24.8 Å². The zero-order chi connectivity index (χ0) is 14.1. The minimum atomic E-state index is -0.217. The number of fused-ring (bicyclic) bond motifs is 1. The summed E-state index contributed by atoms with van der Waals surface area (Å²) in [6, 6.07) is 14.2. The molecule has 98 valence electrons. The predicted molar refractivity (Wildman–Crippen MR) is 77.3 cm³/mol. The van der Waals surface area contributed by atoms with Crippen LogP contribution in [-0.2, 0) is 0 Å². The van der Waals surface area contributed by atoms with E-state index in [1.807, 2.05) is 30.3 Å². The van der Waals surface area contributed by atoms with Gasteiger partial charge < -0.3 is 10.6 Å². The highest BCUT2D eigenvalue weighted by Crippen LogP contribution is 2.24. The number of rotatable bonds is 2. The van der Waals surface area contributed by atoms with Crippen LogP contribution in [0.25, 0.3) is 5.70 Å². The summed E-state index contributed by atoms with van der Waals surface area (Å²) < 4.78 is 0. The van der Waals surface area contributed by atoms with Crippen LogP contribution in [0.4, 0.5) is 5.69 Å². The summed E-state index contributed by atoms with van der Waals surface area (Å²) in [5, 5.41) is 5.43. The summed E-state index contributed by atoms with van der Waals surface area (Å²) in [5.74, 6) is -0.397. The molecule has 4 nitrogen and oxygen atoms in total. The molecule has 20 heavy (non-hydrogen) atoms. The standard InChI is InChI=1S/C16H12N2O2/c1-10-14-9-11(7-8-13(14)16(20)17-10)15(19)18-12-5-3-2-4-6-12/h2-9H,1H2,(H,17,20)(H,18,19). The van der Waals surface area contributed by atoms with Crippen molar-refractivity contribution in [2.75, 3.05) is 5.32 Å². The molecule has 1 aliphatic heterocycles. The van der Waals surface area contributed by atoms with Crippen LogP contribution in [0.15, 0.2) is 55.1 Å². The molecular weight excluding hydrogens is 252 g/mol. The number of anilines is 1. The van der Waals surface area contributed by atoms with Gasteiger partial charge in [-0.15, -0.1) is 0 Å². The van der Waals surface area contributed by atoms with E-state index in [1.54, 1.807) is 18.2 Å². The van der Waals surface area contributed by atoms with Crippen LogP contribution in [-0.4, -0.2) is 11.8 Å². The molecule has 0 atom stereocenters. The molecule has 0 spiro atoms. The van der Waals surface area contributed by atoms with Gasteiger partial charge in [0, 0.05) is 28.1 Å². The third kappa shape index (κ3) is 2.07. The minimum Gasteiger partial charge on any atom is -0.322 e. The van der Waals surface area contributed by atoms with Gasteiger partial charge in [0.2, 0.25) is 0 Å². The minimum absolute atomic E-state index is 0.181. The number of hydrogen-bond donors (Lipinski definition) is 2. The Bertz CT molecular complexity index is 721. The molecular formula is C16H12N2O2. The van der Waals surface area contributed by atoms with Gasteiger partial charge in [0.1, 0.15) is 0 Å². The molecule has 0 saturated heterocycles. The maximum Gasteiger partial charge on any atom is 0.256 e. The van der Waals surface area contributed by atoms with Crippen LogP contribution in [0.1, 0.15) is 26.3 Å². The van der Waals surface area contributed by atoms with Crippen molar-refractivity contribution in [3.8, 4) is 0 Å². The number of nitrogens with one attached hydrogen (secondary N) is 2. The second-order valence-electron chi connectivity index (χ2n) is 4.51. The van der Waals surface area contributed by atoms with Crippen molar-refractivity contribution in [3.05, 3.63) is 71.8 Å². The Morgan fingerprint density at radius 1 is 1.05 bits per heavy atom. The van der Waals surface area contributed by atoms with E-state index in [0.29, 0.717) is 22.4 Å². The Labute approximate surface area is 116 Å². The van der Waals surface area contributed by atoms with Gasteiger partial charge in [-0.3, -0.25) is 9.59 Å². The van der Waals surface area contributed by atoms with Gasteiger partial charge in [-0.25, -0.2) is 0 Å². The molecule has 0 radical (unpaired) electrons. The van der Waals surface area contributed by atoms with Crippen molar-refractivity contribution in [2.45, 2.75) is 0 Å². The maximum atomic E-state index is 12.2. The highest BCUT2D eigenvalue weighted by molar-refractivity contribution is 6.11. The van der Waals surface area contributed by atoms with Gasteiger partial charge in [-0.05, 0) is 30.3 Å². The SMILES string of the molecule is C=C1NC(=O)c2ccc(C(=O)Nc3ccccc3)cc21. The smallest absolute Gasteiger partial charge is 0.256 e. The van der Waals surface area contributed by atoms with E-state index in [0.717, 1.165) is 5.69 Å². The summed E-state index contributed by atoms with van der Waals surface area (Å²) in [7, 11) is 0. The van der Waals surface area contributed by atoms with E-state index in [9.17, 15) is 9.59 Å². The number of carbonyl (C=O) groups is 2. The molecule has 0 fully saturated rings. The summed E-state index contributed by atoms with van der Waals surface area (Å²) in [4.78, 5) is 23.7. The lowest BCUT2D eigenvalue weighted by Gasteiger charge is -2.06. The first-order chi connectivity index (χ1) is 9.65. The fourth-order valence-corrected chi connectivity index (χ4v) is 2.13. The normalized spacial score (nSPS) is 12.8. The van der Waals surface area contributed by atoms with E-state index in [-0.39, 0.29) is 11.8 Å².